The standard InChI is InChI=1S/C12H17ClN2O2S/c1-2-9-4-3-7-15(9)18(16,17)10-5-6-11(13)12(14)8-10/h5-6,8-9H,2-4,7,14H2,1H3. The van der Waals surface area contributed by atoms with Crippen LogP contribution in [0.2, 0.25) is 5.02 Å². The second kappa shape index (κ2) is 5.07. The second-order valence-electron chi connectivity index (χ2n) is 4.50. The van der Waals surface area contributed by atoms with Gasteiger partial charge in [0.1, 0.15) is 0 Å². The van der Waals surface area contributed by atoms with E-state index in [2.05, 4.69) is 0 Å². The Labute approximate surface area is 113 Å². The first-order chi connectivity index (χ1) is 8.46. The number of anilines is 1. The molecule has 1 heterocycles. The fraction of sp³-hybridized carbons (Fsp3) is 0.500. The van der Waals surface area contributed by atoms with Crippen LogP contribution in [0.4, 0.5) is 5.69 Å². The Kier molecular flexibility index (Phi) is 3.84. The maximum absolute atomic E-state index is 12.5. The van der Waals surface area contributed by atoms with Gasteiger partial charge in [-0.3, -0.25) is 0 Å². The molecular formula is C12H17ClN2O2S. The van der Waals surface area contributed by atoms with E-state index in [4.69, 9.17) is 17.3 Å². The maximum Gasteiger partial charge on any atom is 0.243 e. The molecule has 1 atom stereocenters. The van der Waals surface area contributed by atoms with E-state index >= 15 is 0 Å². The van der Waals surface area contributed by atoms with Crippen LogP contribution in [0.3, 0.4) is 0 Å². The Morgan fingerprint density at radius 2 is 2.22 bits per heavy atom. The number of benzene rings is 1. The summed E-state index contributed by atoms with van der Waals surface area (Å²) in [4.78, 5) is 0.227. The lowest BCUT2D eigenvalue weighted by molar-refractivity contribution is 0.379. The molecule has 1 unspecified atom stereocenters. The number of nitrogen functional groups attached to an aromatic ring is 1. The summed E-state index contributed by atoms with van der Waals surface area (Å²) in [6.07, 6.45) is 2.68. The quantitative estimate of drug-likeness (QED) is 0.869. The van der Waals surface area contributed by atoms with Gasteiger partial charge in [0.25, 0.3) is 0 Å². The summed E-state index contributed by atoms with van der Waals surface area (Å²) in [6, 6.07) is 4.58. The number of nitrogens with zero attached hydrogens (tertiary/aromatic N) is 1. The summed E-state index contributed by atoms with van der Waals surface area (Å²) in [5, 5.41) is 0.377. The molecule has 100 valence electrons. The molecule has 1 aromatic rings. The van der Waals surface area contributed by atoms with Crippen LogP contribution in [0, 0.1) is 0 Å². The van der Waals surface area contributed by atoms with Crippen LogP contribution in [0.1, 0.15) is 26.2 Å². The van der Waals surface area contributed by atoms with Crippen LogP contribution < -0.4 is 5.73 Å². The van der Waals surface area contributed by atoms with Crippen LogP contribution in [0.25, 0.3) is 0 Å². The number of nitrogens with two attached hydrogens (primary N) is 1. The molecule has 18 heavy (non-hydrogen) atoms. The molecule has 0 saturated carbocycles. The average Bonchev–Trinajstić information content (AvgIpc) is 2.81. The lowest BCUT2D eigenvalue weighted by atomic mass is 10.2. The Hall–Kier alpha value is -0.780. The van der Waals surface area contributed by atoms with Gasteiger partial charge in [0.2, 0.25) is 10.0 Å². The van der Waals surface area contributed by atoms with Crippen molar-refractivity contribution >= 4 is 27.3 Å². The van der Waals surface area contributed by atoms with Gasteiger partial charge in [0.15, 0.2) is 0 Å². The van der Waals surface area contributed by atoms with E-state index in [0.717, 1.165) is 19.3 Å². The lowest BCUT2D eigenvalue weighted by Crippen LogP contribution is -2.35. The molecule has 0 bridgehead atoms. The van der Waals surface area contributed by atoms with Gasteiger partial charge in [0, 0.05) is 12.6 Å². The average molecular weight is 289 g/mol. The van der Waals surface area contributed by atoms with E-state index in [-0.39, 0.29) is 10.9 Å². The molecule has 0 radical (unpaired) electrons. The van der Waals surface area contributed by atoms with Crippen molar-refractivity contribution in [2.45, 2.75) is 37.1 Å². The van der Waals surface area contributed by atoms with E-state index in [1.807, 2.05) is 6.92 Å². The zero-order valence-corrected chi connectivity index (χ0v) is 11.8. The molecule has 1 aliphatic heterocycles. The second-order valence-corrected chi connectivity index (χ2v) is 6.80. The van der Waals surface area contributed by atoms with E-state index in [1.54, 1.807) is 4.31 Å². The predicted octanol–water partition coefficient (Wildman–Crippen LogP) is 2.49. The Balaban J connectivity index is 2.38. The smallest absolute Gasteiger partial charge is 0.243 e. The van der Waals surface area contributed by atoms with E-state index in [0.29, 0.717) is 17.3 Å². The summed E-state index contributed by atoms with van der Waals surface area (Å²) in [5.74, 6) is 0. The van der Waals surface area contributed by atoms with E-state index in [9.17, 15) is 8.42 Å². The number of hydrogen-bond acceptors (Lipinski definition) is 3. The van der Waals surface area contributed by atoms with Crippen molar-refractivity contribution < 1.29 is 8.42 Å². The third-order valence-electron chi connectivity index (χ3n) is 3.37. The predicted molar refractivity (Wildman–Crippen MR) is 73.1 cm³/mol. The third kappa shape index (κ3) is 2.35. The Morgan fingerprint density at radius 1 is 1.50 bits per heavy atom. The molecule has 0 aliphatic carbocycles. The summed E-state index contributed by atoms with van der Waals surface area (Å²) in [5.41, 5.74) is 5.96. The Morgan fingerprint density at radius 3 is 2.83 bits per heavy atom. The van der Waals surface area contributed by atoms with Gasteiger partial charge >= 0.3 is 0 Å². The van der Waals surface area contributed by atoms with Crippen molar-refractivity contribution in [3.63, 3.8) is 0 Å². The van der Waals surface area contributed by atoms with Gasteiger partial charge in [-0.25, -0.2) is 8.42 Å². The van der Waals surface area contributed by atoms with Gasteiger partial charge in [-0.1, -0.05) is 18.5 Å². The van der Waals surface area contributed by atoms with Crippen molar-refractivity contribution in [2.75, 3.05) is 12.3 Å². The fourth-order valence-electron chi connectivity index (χ4n) is 2.35. The zero-order valence-electron chi connectivity index (χ0n) is 10.3. The zero-order chi connectivity index (χ0) is 13.3. The first kappa shape index (κ1) is 13.6. The van der Waals surface area contributed by atoms with Crippen molar-refractivity contribution in [1.29, 1.82) is 0 Å². The van der Waals surface area contributed by atoms with Crippen LogP contribution in [-0.4, -0.2) is 25.3 Å². The van der Waals surface area contributed by atoms with Crippen LogP contribution in [0.5, 0.6) is 0 Å². The van der Waals surface area contributed by atoms with Crippen LogP contribution in [-0.2, 0) is 10.0 Å². The maximum atomic E-state index is 12.5. The van der Waals surface area contributed by atoms with Crippen molar-refractivity contribution in [1.82, 2.24) is 4.31 Å². The number of hydrogen-bond donors (Lipinski definition) is 1. The highest BCUT2D eigenvalue weighted by atomic mass is 35.5. The highest BCUT2D eigenvalue weighted by Crippen LogP contribution is 2.30. The summed E-state index contributed by atoms with van der Waals surface area (Å²) in [7, 11) is -3.44. The monoisotopic (exact) mass is 288 g/mol. The summed E-state index contributed by atoms with van der Waals surface area (Å²) in [6.45, 7) is 2.60. The summed E-state index contributed by atoms with van der Waals surface area (Å²) < 4.78 is 26.6. The van der Waals surface area contributed by atoms with Gasteiger partial charge in [-0.15, -0.1) is 0 Å². The molecule has 0 aromatic heterocycles. The van der Waals surface area contributed by atoms with E-state index in [1.165, 1.54) is 18.2 Å². The van der Waals surface area contributed by atoms with E-state index < -0.39 is 10.0 Å². The molecule has 6 heteroatoms. The minimum atomic E-state index is -3.44. The molecule has 1 saturated heterocycles. The summed E-state index contributed by atoms with van der Waals surface area (Å²) >= 11 is 5.81. The molecule has 1 aliphatic rings. The number of rotatable bonds is 3. The van der Waals surface area contributed by atoms with Crippen molar-refractivity contribution in [2.24, 2.45) is 0 Å². The fourth-order valence-corrected chi connectivity index (χ4v) is 4.27. The normalized spacial score (nSPS) is 21.3. The first-order valence-electron chi connectivity index (χ1n) is 6.03. The van der Waals surface area contributed by atoms with Gasteiger partial charge < -0.3 is 5.73 Å². The van der Waals surface area contributed by atoms with Gasteiger partial charge in [0.05, 0.1) is 15.6 Å². The largest absolute Gasteiger partial charge is 0.397 e. The van der Waals surface area contributed by atoms with Crippen molar-refractivity contribution in [3.8, 4) is 0 Å². The molecule has 2 rings (SSSR count). The van der Waals surface area contributed by atoms with Crippen LogP contribution >= 0.6 is 11.6 Å². The molecule has 2 N–H and O–H groups in total. The lowest BCUT2D eigenvalue weighted by Gasteiger charge is -2.23. The minimum absolute atomic E-state index is 0.104. The minimum Gasteiger partial charge on any atom is -0.397 e. The number of sulfonamides is 1. The molecule has 4 nitrogen and oxygen atoms in total. The topological polar surface area (TPSA) is 63.4 Å². The van der Waals surface area contributed by atoms with Crippen LogP contribution in [0.15, 0.2) is 23.1 Å². The third-order valence-corrected chi connectivity index (χ3v) is 5.66. The van der Waals surface area contributed by atoms with Crippen molar-refractivity contribution in [3.05, 3.63) is 23.2 Å². The molecule has 0 amide bonds. The van der Waals surface area contributed by atoms with Gasteiger partial charge in [-0.2, -0.15) is 4.31 Å². The molecule has 0 spiro atoms. The first-order valence-corrected chi connectivity index (χ1v) is 7.85. The highest BCUT2D eigenvalue weighted by molar-refractivity contribution is 7.89. The SMILES string of the molecule is CCC1CCCN1S(=O)(=O)c1ccc(Cl)c(N)c1. The highest BCUT2D eigenvalue weighted by Gasteiger charge is 2.34. The molecule has 1 fully saturated rings. The molecule has 1 aromatic carbocycles. The Bertz CT molecular complexity index is 545. The van der Waals surface area contributed by atoms with Gasteiger partial charge in [-0.05, 0) is 37.5 Å². The molecular weight excluding hydrogens is 272 g/mol. The number of halogens is 1.